The number of para-hydroxylation sites is 1. The molecule has 1 saturated heterocycles. The first-order valence-electron chi connectivity index (χ1n) is 13.4. The van der Waals surface area contributed by atoms with Gasteiger partial charge in [0.25, 0.3) is 6.29 Å². The van der Waals surface area contributed by atoms with E-state index in [1.54, 1.807) is 25.3 Å². The van der Waals surface area contributed by atoms with Crippen LogP contribution in [0.15, 0.2) is 54.6 Å². The molecule has 3 heterocycles. The van der Waals surface area contributed by atoms with Crippen LogP contribution in [0.4, 0.5) is 10.1 Å². The third kappa shape index (κ3) is 5.42. The van der Waals surface area contributed by atoms with Gasteiger partial charge in [0.1, 0.15) is 11.6 Å². The van der Waals surface area contributed by atoms with E-state index in [0.717, 1.165) is 48.7 Å². The molecule has 0 saturated carbocycles. The van der Waals surface area contributed by atoms with Crippen molar-refractivity contribution in [3.05, 3.63) is 82.4 Å². The maximum Gasteiger partial charge on any atom is 0.337 e. The highest BCUT2D eigenvalue weighted by Gasteiger charge is 2.32. The first-order chi connectivity index (χ1) is 19.9. The lowest BCUT2D eigenvalue weighted by atomic mass is 10.2. The summed E-state index contributed by atoms with van der Waals surface area (Å²) in [7, 11) is 3.04. The van der Waals surface area contributed by atoms with Gasteiger partial charge in [-0.3, -0.25) is 4.90 Å². The molecule has 3 aromatic carbocycles. The molecule has 0 aliphatic carbocycles. The van der Waals surface area contributed by atoms with Crippen LogP contribution >= 0.6 is 11.6 Å². The fourth-order valence-corrected chi connectivity index (χ4v) is 5.51. The SMILES string of the molecule is COCCn1c(CN2CCN(c3cccc4c3OC(c3ccc(Cl)cc3F)O4)CC2)nc2ccc(C(=O)OC)cc21. The summed E-state index contributed by atoms with van der Waals surface area (Å²) in [6, 6.07) is 15.6. The second-order valence-corrected chi connectivity index (χ2v) is 10.4. The van der Waals surface area contributed by atoms with E-state index >= 15 is 0 Å². The Morgan fingerprint density at radius 2 is 1.90 bits per heavy atom. The van der Waals surface area contributed by atoms with Gasteiger partial charge >= 0.3 is 5.97 Å². The first kappa shape index (κ1) is 27.3. The highest BCUT2D eigenvalue weighted by molar-refractivity contribution is 6.30. The molecule has 9 nitrogen and oxygen atoms in total. The summed E-state index contributed by atoms with van der Waals surface area (Å²) < 4.78 is 39.0. The zero-order valence-electron chi connectivity index (χ0n) is 22.8. The minimum atomic E-state index is -0.871. The summed E-state index contributed by atoms with van der Waals surface area (Å²) >= 11 is 5.92. The number of methoxy groups -OCH3 is 2. The van der Waals surface area contributed by atoms with Gasteiger partial charge in [0, 0.05) is 44.9 Å². The lowest BCUT2D eigenvalue weighted by Gasteiger charge is -2.36. The Morgan fingerprint density at radius 3 is 2.66 bits per heavy atom. The third-order valence-corrected chi connectivity index (χ3v) is 7.71. The molecule has 0 amide bonds. The molecule has 0 radical (unpaired) electrons. The van der Waals surface area contributed by atoms with Crippen molar-refractivity contribution >= 4 is 34.3 Å². The zero-order chi connectivity index (χ0) is 28.5. The molecular weight excluding hydrogens is 551 g/mol. The lowest BCUT2D eigenvalue weighted by molar-refractivity contribution is 0.0455. The van der Waals surface area contributed by atoms with Crippen LogP contribution in [-0.4, -0.2) is 67.4 Å². The number of hydrogen-bond donors (Lipinski definition) is 0. The second-order valence-electron chi connectivity index (χ2n) is 9.97. The number of halogens is 2. The molecule has 1 aromatic heterocycles. The van der Waals surface area contributed by atoms with Gasteiger partial charge in [0.2, 0.25) is 0 Å². The second kappa shape index (κ2) is 11.6. The maximum absolute atomic E-state index is 14.5. The maximum atomic E-state index is 14.5. The Bertz CT molecular complexity index is 1590. The van der Waals surface area contributed by atoms with Crippen LogP contribution in [0.2, 0.25) is 5.02 Å². The molecule has 1 fully saturated rings. The van der Waals surface area contributed by atoms with Crippen molar-refractivity contribution in [2.24, 2.45) is 0 Å². The van der Waals surface area contributed by atoms with E-state index in [0.29, 0.717) is 47.3 Å². The monoisotopic (exact) mass is 580 g/mol. The molecule has 2 aliphatic rings. The van der Waals surface area contributed by atoms with Crippen molar-refractivity contribution in [1.29, 1.82) is 0 Å². The largest absolute Gasteiger partial charge is 0.465 e. The number of ether oxygens (including phenoxy) is 4. The minimum absolute atomic E-state index is 0.302. The number of nitrogens with zero attached hydrogens (tertiary/aromatic N) is 4. The van der Waals surface area contributed by atoms with Gasteiger partial charge < -0.3 is 28.4 Å². The third-order valence-electron chi connectivity index (χ3n) is 7.48. The standard InChI is InChI=1S/C30H30ClFN4O5/c1-38-15-14-36-25-16-19(29(37)39-2)6-9-23(25)33-27(36)18-34-10-12-35(13-11-34)24-4-3-5-26-28(24)41-30(40-26)21-8-7-20(31)17-22(21)32/h3-9,16-17,30H,10-15,18H2,1-2H3. The van der Waals surface area contributed by atoms with Gasteiger partial charge in [0.05, 0.1) is 48.1 Å². The number of carbonyl (C=O) groups is 1. The number of aromatic nitrogens is 2. The fraction of sp³-hybridized carbons (Fsp3) is 0.333. The predicted octanol–water partition coefficient (Wildman–Crippen LogP) is 5.05. The number of benzene rings is 3. The van der Waals surface area contributed by atoms with Crippen LogP contribution in [0.5, 0.6) is 11.5 Å². The van der Waals surface area contributed by atoms with E-state index < -0.39 is 12.1 Å². The Hall–Kier alpha value is -3.86. The fourth-order valence-electron chi connectivity index (χ4n) is 5.35. The minimum Gasteiger partial charge on any atom is -0.465 e. The molecule has 11 heteroatoms. The number of piperazine rings is 1. The lowest BCUT2D eigenvalue weighted by Crippen LogP contribution is -2.46. The molecule has 4 aromatic rings. The first-order valence-corrected chi connectivity index (χ1v) is 13.8. The molecule has 1 unspecified atom stereocenters. The molecule has 6 rings (SSSR count). The molecule has 0 N–H and O–H groups in total. The molecule has 214 valence electrons. The summed E-state index contributed by atoms with van der Waals surface area (Å²) in [4.78, 5) is 21.6. The van der Waals surface area contributed by atoms with E-state index in [1.165, 1.54) is 13.2 Å². The van der Waals surface area contributed by atoms with Gasteiger partial charge in [-0.2, -0.15) is 0 Å². The van der Waals surface area contributed by atoms with Crippen molar-refractivity contribution in [3.63, 3.8) is 0 Å². The molecule has 0 bridgehead atoms. The highest BCUT2D eigenvalue weighted by atomic mass is 35.5. The molecular formula is C30H30ClFN4O5. The number of carbonyl (C=O) groups excluding carboxylic acids is 1. The molecule has 41 heavy (non-hydrogen) atoms. The normalized spacial score (nSPS) is 16.9. The van der Waals surface area contributed by atoms with E-state index in [4.69, 9.17) is 35.5 Å². The van der Waals surface area contributed by atoms with Crippen LogP contribution in [0.3, 0.4) is 0 Å². The number of fused-ring (bicyclic) bond motifs is 2. The summed E-state index contributed by atoms with van der Waals surface area (Å²) in [5, 5.41) is 0.320. The number of anilines is 1. The van der Waals surface area contributed by atoms with Crippen molar-refractivity contribution in [2.75, 3.05) is 51.9 Å². The Morgan fingerprint density at radius 1 is 1.07 bits per heavy atom. The van der Waals surface area contributed by atoms with Crippen LogP contribution in [0.25, 0.3) is 11.0 Å². The van der Waals surface area contributed by atoms with Gasteiger partial charge in [-0.05, 0) is 48.5 Å². The van der Waals surface area contributed by atoms with E-state index in [9.17, 15) is 9.18 Å². The quantitative estimate of drug-likeness (QED) is 0.268. The smallest absolute Gasteiger partial charge is 0.337 e. The Balaban J connectivity index is 1.16. The summed E-state index contributed by atoms with van der Waals surface area (Å²) in [6.07, 6.45) is -0.871. The van der Waals surface area contributed by atoms with E-state index in [2.05, 4.69) is 14.4 Å². The van der Waals surface area contributed by atoms with Gasteiger partial charge in [-0.15, -0.1) is 0 Å². The number of hydrogen-bond acceptors (Lipinski definition) is 8. The Labute approximate surface area is 241 Å². The zero-order valence-corrected chi connectivity index (χ0v) is 23.6. The van der Waals surface area contributed by atoms with Gasteiger partial charge in [-0.1, -0.05) is 17.7 Å². The van der Waals surface area contributed by atoms with Crippen molar-refractivity contribution in [1.82, 2.24) is 14.5 Å². The van der Waals surface area contributed by atoms with Crippen molar-refractivity contribution in [2.45, 2.75) is 19.4 Å². The Kier molecular flexibility index (Phi) is 7.70. The van der Waals surface area contributed by atoms with Crippen LogP contribution in [0, 0.1) is 5.82 Å². The summed E-state index contributed by atoms with van der Waals surface area (Å²) in [6.45, 7) is 4.95. The molecule has 1 atom stereocenters. The average molecular weight is 581 g/mol. The summed E-state index contributed by atoms with van der Waals surface area (Å²) in [5.41, 5.74) is 3.41. The van der Waals surface area contributed by atoms with E-state index in [-0.39, 0.29) is 5.97 Å². The molecule has 2 aliphatic heterocycles. The van der Waals surface area contributed by atoms with E-state index in [1.807, 2.05) is 30.3 Å². The highest BCUT2D eigenvalue weighted by Crippen LogP contribution is 2.47. The number of imidazole rings is 1. The topological polar surface area (TPSA) is 78.3 Å². The summed E-state index contributed by atoms with van der Waals surface area (Å²) in [5.74, 6) is 1.27. The van der Waals surface area contributed by atoms with Crippen LogP contribution in [0.1, 0.15) is 28.0 Å². The van der Waals surface area contributed by atoms with Crippen LogP contribution in [-0.2, 0) is 22.6 Å². The van der Waals surface area contributed by atoms with Crippen molar-refractivity contribution < 1.29 is 28.1 Å². The number of rotatable bonds is 8. The predicted molar refractivity (Wildman–Crippen MR) is 152 cm³/mol. The molecule has 0 spiro atoms. The average Bonchev–Trinajstić information content (AvgIpc) is 3.56. The van der Waals surface area contributed by atoms with Crippen LogP contribution < -0.4 is 14.4 Å². The number of esters is 1. The van der Waals surface area contributed by atoms with Gasteiger partial charge in [0.15, 0.2) is 11.5 Å². The van der Waals surface area contributed by atoms with Gasteiger partial charge in [-0.25, -0.2) is 14.2 Å². The van der Waals surface area contributed by atoms with Crippen molar-refractivity contribution in [3.8, 4) is 11.5 Å².